The number of rotatable bonds is 9. The van der Waals surface area contributed by atoms with Crippen molar-refractivity contribution in [2.24, 2.45) is 5.92 Å². The van der Waals surface area contributed by atoms with Gasteiger partial charge in [-0.05, 0) is 54.9 Å². The highest BCUT2D eigenvalue weighted by molar-refractivity contribution is 6.01. The lowest BCUT2D eigenvalue weighted by Crippen LogP contribution is -2.54. The van der Waals surface area contributed by atoms with Crippen LogP contribution in [0.4, 0.5) is 0 Å². The van der Waals surface area contributed by atoms with Crippen LogP contribution in [-0.4, -0.2) is 91.3 Å². The molecule has 0 saturated carbocycles. The Labute approximate surface area is 294 Å². The van der Waals surface area contributed by atoms with Crippen molar-refractivity contribution in [2.45, 2.75) is 64.1 Å². The number of amides is 5. The molecule has 11 heteroatoms. The Morgan fingerprint density at radius 3 is 2.20 bits per heavy atom. The van der Waals surface area contributed by atoms with E-state index in [0.717, 1.165) is 17.5 Å². The van der Waals surface area contributed by atoms with E-state index in [1.807, 2.05) is 74.5 Å². The monoisotopic (exact) mass is 683 g/mol. The Morgan fingerprint density at radius 2 is 1.52 bits per heavy atom. The average molecular weight is 684 g/mol. The van der Waals surface area contributed by atoms with E-state index in [4.69, 9.17) is 4.74 Å². The summed E-state index contributed by atoms with van der Waals surface area (Å²) in [6.07, 6.45) is 1.82. The minimum absolute atomic E-state index is 0.0329. The molecule has 0 saturated heterocycles. The molecule has 11 nitrogen and oxygen atoms in total. The summed E-state index contributed by atoms with van der Waals surface area (Å²) in [5.74, 6) is -2.08. The lowest BCUT2D eigenvalue weighted by Gasteiger charge is -2.32. The van der Waals surface area contributed by atoms with E-state index >= 15 is 0 Å². The highest BCUT2D eigenvalue weighted by Crippen LogP contribution is 2.20. The zero-order valence-electron chi connectivity index (χ0n) is 29.4. The molecular weight excluding hydrogens is 634 g/mol. The summed E-state index contributed by atoms with van der Waals surface area (Å²) in [7, 11) is 3.05. The zero-order chi connectivity index (χ0) is 36.0. The van der Waals surface area contributed by atoms with Crippen LogP contribution in [0.1, 0.15) is 54.6 Å². The van der Waals surface area contributed by atoms with E-state index in [1.54, 1.807) is 24.3 Å². The summed E-state index contributed by atoms with van der Waals surface area (Å²) in [6, 6.07) is 23.5. The third-order valence-electron chi connectivity index (χ3n) is 8.64. The molecule has 0 aromatic heterocycles. The number of benzene rings is 3. The number of para-hydroxylation sites is 1. The van der Waals surface area contributed by atoms with Gasteiger partial charge in [0.15, 0.2) is 0 Å². The van der Waals surface area contributed by atoms with Gasteiger partial charge >= 0.3 is 0 Å². The summed E-state index contributed by atoms with van der Waals surface area (Å²) in [5.41, 5.74) is 2.28. The van der Waals surface area contributed by atoms with Crippen LogP contribution in [0.25, 0.3) is 0 Å². The van der Waals surface area contributed by atoms with E-state index in [-0.39, 0.29) is 42.7 Å². The van der Waals surface area contributed by atoms with Crippen molar-refractivity contribution in [3.8, 4) is 5.75 Å². The van der Waals surface area contributed by atoms with Crippen molar-refractivity contribution in [2.75, 3.05) is 33.8 Å². The second-order valence-electron chi connectivity index (χ2n) is 13.2. The Kier molecular flexibility index (Phi) is 14.0. The van der Waals surface area contributed by atoms with E-state index in [2.05, 4.69) is 16.0 Å². The molecule has 0 spiro atoms. The molecular formula is C39H49N5O6. The second kappa shape index (κ2) is 18.5. The Morgan fingerprint density at radius 1 is 0.880 bits per heavy atom. The maximum Gasteiger partial charge on any atom is 0.255 e. The number of fused-ring (bicyclic) bond motifs is 1. The first kappa shape index (κ1) is 37.6. The first-order valence-corrected chi connectivity index (χ1v) is 17.2. The number of nitrogens with one attached hydrogen (secondary N) is 3. The fourth-order valence-electron chi connectivity index (χ4n) is 5.92. The number of carbonyl (C=O) groups excluding carboxylic acids is 5. The van der Waals surface area contributed by atoms with Crippen LogP contribution in [0.5, 0.6) is 5.75 Å². The highest BCUT2D eigenvalue weighted by Gasteiger charge is 2.34. The van der Waals surface area contributed by atoms with Gasteiger partial charge in [0.05, 0.1) is 24.6 Å². The first-order chi connectivity index (χ1) is 24.0. The Balaban J connectivity index is 1.63. The van der Waals surface area contributed by atoms with Crippen LogP contribution in [-0.2, 0) is 32.0 Å². The van der Waals surface area contributed by atoms with Crippen molar-refractivity contribution in [3.05, 3.63) is 102 Å². The summed E-state index contributed by atoms with van der Waals surface area (Å²) < 4.78 is 6.15. The Hall–Kier alpha value is -5.19. The van der Waals surface area contributed by atoms with Crippen molar-refractivity contribution < 1.29 is 28.7 Å². The summed E-state index contributed by atoms with van der Waals surface area (Å²) in [4.78, 5) is 70.9. The van der Waals surface area contributed by atoms with Gasteiger partial charge in [0.1, 0.15) is 24.4 Å². The third kappa shape index (κ3) is 11.2. The van der Waals surface area contributed by atoms with Gasteiger partial charge < -0.3 is 30.5 Å². The largest absolute Gasteiger partial charge is 0.491 e. The summed E-state index contributed by atoms with van der Waals surface area (Å²) in [5, 5.41) is 8.64. The van der Waals surface area contributed by atoms with Crippen LogP contribution < -0.4 is 20.7 Å². The van der Waals surface area contributed by atoms with E-state index in [1.165, 1.54) is 23.9 Å². The second-order valence-corrected chi connectivity index (χ2v) is 13.2. The van der Waals surface area contributed by atoms with Gasteiger partial charge in [-0.15, -0.1) is 0 Å². The fourth-order valence-corrected chi connectivity index (χ4v) is 5.92. The van der Waals surface area contributed by atoms with Crippen molar-refractivity contribution >= 4 is 29.5 Å². The Bertz CT molecular complexity index is 1600. The molecule has 0 radical (unpaired) electrons. The normalized spacial score (nSPS) is 19.6. The molecule has 50 heavy (non-hydrogen) atoms. The molecule has 1 aliphatic heterocycles. The molecule has 1 aliphatic rings. The first-order valence-electron chi connectivity index (χ1n) is 17.2. The molecule has 3 N–H and O–H groups in total. The van der Waals surface area contributed by atoms with E-state index in [9.17, 15) is 24.0 Å². The highest BCUT2D eigenvalue weighted by atomic mass is 16.5. The molecule has 0 bridgehead atoms. The SMILES string of the molecule is CC(C)C[C@H]1C(=O)N(C)CC(=O)N[C@H](Cc2ccccc2)COc2ccccc2C(=O)N[C@H](C(=O)NCCCc2ccccc2)CC(=O)N1C. The number of nitrogens with zero attached hydrogens (tertiary/aromatic N) is 2. The number of hydrogen-bond acceptors (Lipinski definition) is 6. The molecule has 4 rings (SSSR count). The average Bonchev–Trinajstić information content (AvgIpc) is 3.10. The number of likely N-dealkylation sites (N-methyl/N-ethyl adjacent to an activating group) is 2. The van der Waals surface area contributed by atoms with Crippen LogP contribution in [0.15, 0.2) is 84.9 Å². The van der Waals surface area contributed by atoms with Crippen LogP contribution >= 0.6 is 0 Å². The molecule has 3 aromatic rings. The van der Waals surface area contributed by atoms with Gasteiger partial charge in [-0.25, -0.2) is 0 Å². The lowest BCUT2D eigenvalue weighted by molar-refractivity contribution is -0.146. The molecule has 5 amide bonds. The number of carbonyl (C=O) groups is 5. The summed E-state index contributed by atoms with van der Waals surface area (Å²) >= 11 is 0. The maximum atomic E-state index is 13.8. The molecule has 266 valence electrons. The van der Waals surface area contributed by atoms with Crippen LogP contribution in [0.2, 0.25) is 0 Å². The lowest BCUT2D eigenvalue weighted by atomic mass is 10.0. The number of ether oxygens (including phenoxy) is 1. The van der Waals surface area contributed by atoms with Gasteiger partial charge in [0.2, 0.25) is 23.6 Å². The maximum absolute atomic E-state index is 13.8. The third-order valence-corrected chi connectivity index (χ3v) is 8.64. The smallest absolute Gasteiger partial charge is 0.255 e. The molecule has 3 aromatic carbocycles. The van der Waals surface area contributed by atoms with Gasteiger partial charge in [-0.3, -0.25) is 24.0 Å². The standard InChI is InChI=1S/C39H49N5O6/c1-27(2)22-33-39(49)43(3)25-35(45)41-30(23-29-16-9-6-10-17-29)26-50-34-20-12-11-19-31(34)37(47)42-32(24-36(46)44(33)4)38(48)40-21-13-18-28-14-7-5-8-15-28/h5-12,14-17,19-20,27,30,32-33H,13,18,21-26H2,1-4H3,(H,40,48)(H,41,45)(H,42,47)/t30-,32+,33+/m1/s1. The predicted molar refractivity (Wildman–Crippen MR) is 191 cm³/mol. The number of aryl methyl sites for hydroxylation is 1. The van der Waals surface area contributed by atoms with Crippen LogP contribution in [0.3, 0.4) is 0 Å². The summed E-state index contributed by atoms with van der Waals surface area (Å²) in [6.45, 7) is 4.03. The van der Waals surface area contributed by atoms with Crippen molar-refractivity contribution in [3.63, 3.8) is 0 Å². The topological polar surface area (TPSA) is 137 Å². The fraction of sp³-hybridized carbons (Fsp3) is 0.410. The van der Waals surface area contributed by atoms with Gasteiger partial charge in [-0.1, -0.05) is 86.6 Å². The minimum Gasteiger partial charge on any atom is -0.491 e. The molecule has 1 heterocycles. The van der Waals surface area contributed by atoms with Gasteiger partial charge in [-0.2, -0.15) is 0 Å². The van der Waals surface area contributed by atoms with E-state index in [0.29, 0.717) is 25.8 Å². The molecule has 3 atom stereocenters. The molecule has 0 aliphatic carbocycles. The van der Waals surface area contributed by atoms with Gasteiger partial charge in [0, 0.05) is 20.6 Å². The predicted octanol–water partition coefficient (Wildman–Crippen LogP) is 3.38. The van der Waals surface area contributed by atoms with Gasteiger partial charge in [0.25, 0.3) is 5.91 Å². The van der Waals surface area contributed by atoms with Crippen molar-refractivity contribution in [1.82, 2.24) is 25.8 Å². The quantitative estimate of drug-likeness (QED) is 0.296. The van der Waals surface area contributed by atoms with Crippen LogP contribution in [0, 0.1) is 5.92 Å². The number of hydrogen-bond donors (Lipinski definition) is 3. The molecule has 0 fully saturated rings. The minimum atomic E-state index is -1.22. The van der Waals surface area contributed by atoms with E-state index < -0.39 is 41.8 Å². The zero-order valence-corrected chi connectivity index (χ0v) is 29.4. The molecule has 0 unspecified atom stereocenters. The van der Waals surface area contributed by atoms with Crippen molar-refractivity contribution in [1.29, 1.82) is 0 Å².